The lowest BCUT2D eigenvalue weighted by atomic mass is 10.2. The number of pyridine rings is 2. The number of aliphatic hydroxyl groups is 1. The molecule has 1 N–H and O–H groups in total. The Labute approximate surface area is 102 Å². The molecule has 0 aliphatic rings. The lowest BCUT2D eigenvalue weighted by Gasteiger charge is -2.04. The highest BCUT2D eigenvalue weighted by molar-refractivity contribution is 5.65. The van der Waals surface area contributed by atoms with Gasteiger partial charge < -0.3 is 5.11 Å². The Morgan fingerprint density at radius 1 is 1.17 bits per heavy atom. The Balaban J connectivity index is 2.23. The quantitative estimate of drug-likeness (QED) is 0.700. The molecule has 0 fully saturated rings. The van der Waals surface area contributed by atoms with Crippen molar-refractivity contribution in [3.05, 3.63) is 54.2 Å². The third kappa shape index (κ3) is 1.65. The standard InChI is InChI=1S/C13H10FN3O/c14-13-5-4-9(6-15-13)11-2-1-3-12-10(8-18)7-16-17(11)12/h1-7,18H,8H2. The number of hydrogen-bond acceptors (Lipinski definition) is 3. The van der Waals surface area contributed by atoms with Crippen LogP contribution in [0.1, 0.15) is 5.56 Å². The van der Waals surface area contributed by atoms with Crippen LogP contribution in [0.3, 0.4) is 0 Å². The van der Waals surface area contributed by atoms with Crippen molar-refractivity contribution < 1.29 is 9.50 Å². The van der Waals surface area contributed by atoms with Crippen molar-refractivity contribution in [2.75, 3.05) is 0 Å². The second-order valence-electron chi connectivity index (χ2n) is 3.91. The number of aliphatic hydroxyl groups excluding tert-OH is 1. The van der Waals surface area contributed by atoms with E-state index in [4.69, 9.17) is 0 Å². The molecular formula is C13H10FN3O. The van der Waals surface area contributed by atoms with Crippen molar-refractivity contribution in [1.82, 2.24) is 14.6 Å². The van der Waals surface area contributed by atoms with Crippen LogP contribution in [0.2, 0.25) is 0 Å². The van der Waals surface area contributed by atoms with Gasteiger partial charge in [0.05, 0.1) is 24.0 Å². The summed E-state index contributed by atoms with van der Waals surface area (Å²) in [6.07, 6.45) is 3.08. The first-order chi connectivity index (χ1) is 8.79. The van der Waals surface area contributed by atoms with E-state index in [2.05, 4.69) is 10.1 Å². The summed E-state index contributed by atoms with van der Waals surface area (Å²) in [6, 6.07) is 8.58. The lowest BCUT2D eigenvalue weighted by Crippen LogP contribution is -1.94. The van der Waals surface area contributed by atoms with Crippen molar-refractivity contribution in [2.24, 2.45) is 0 Å². The molecule has 0 spiro atoms. The van der Waals surface area contributed by atoms with Crippen molar-refractivity contribution in [2.45, 2.75) is 6.61 Å². The van der Waals surface area contributed by atoms with E-state index in [1.54, 1.807) is 16.8 Å². The molecule has 5 heteroatoms. The number of halogens is 1. The second-order valence-corrected chi connectivity index (χ2v) is 3.91. The molecule has 0 aliphatic carbocycles. The van der Waals surface area contributed by atoms with Crippen LogP contribution in [0.15, 0.2) is 42.7 Å². The summed E-state index contributed by atoms with van der Waals surface area (Å²) >= 11 is 0. The van der Waals surface area contributed by atoms with Gasteiger partial charge in [0.15, 0.2) is 0 Å². The minimum Gasteiger partial charge on any atom is -0.392 e. The molecule has 90 valence electrons. The van der Waals surface area contributed by atoms with E-state index in [1.165, 1.54) is 12.3 Å². The summed E-state index contributed by atoms with van der Waals surface area (Å²) in [4.78, 5) is 3.63. The largest absolute Gasteiger partial charge is 0.392 e. The molecule has 0 radical (unpaired) electrons. The minimum atomic E-state index is -0.512. The Morgan fingerprint density at radius 2 is 2.06 bits per heavy atom. The van der Waals surface area contributed by atoms with Gasteiger partial charge in [0.25, 0.3) is 0 Å². The van der Waals surface area contributed by atoms with E-state index >= 15 is 0 Å². The van der Waals surface area contributed by atoms with Crippen molar-refractivity contribution in [1.29, 1.82) is 0 Å². The van der Waals surface area contributed by atoms with Gasteiger partial charge in [-0.15, -0.1) is 0 Å². The molecule has 3 aromatic rings. The fourth-order valence-electron chi connectivity index (χ4n) is 1.93. The van der Waals surface area contributed by atoms with Crippen LogP contribution >= 0.6 is 0 Å². The van der Waals surface area contributed by atoms with Crippen LogP contribution in [0.25, 0.3) is 16.8 Å². The maximum atomic E-state index is 12.8. The average molecular weight is 243 g/mol. The first kappa shape index (κ1) is 10.9. The molecule has 0 amide bonds. The van der Waals surface area contributed by atoms with E-state index in [-0.39, 0.29) is 6.61 Å². The van der Waals surface area contributed by atoms with Crippen LogP contribution in [-0.4, -0.2) is 19.7 Å². The van der Waals surface area contributed by atoms with E-state index < -0.39 is 5.95 Å². The van der Waals surface area contributed by atoms with Crippen LogP contribution in [0, 0.1) is 5.95 Å². The number of nitrogens with zero attached hydrogens (tertiary/aromatic N) is 3. The molecule has 0 unspecified atom stereocenters. The highest BCUT2D eigenvalue weighted by atomic mass is 19.1. The summed E-state index contributed by atoms with van der Waals surface area (Å²) in [5, 5.41) is 13.4. The van der Waals surface area contributed by atoms with E-state index in [0.29, 0.717) is 0 Å². The molecule has 3 heterocycles. The highest BCUT2D eigenvalue weighted by Gasteiger charge is 2.08. The maximum Gasteiger partial charge on any atom is 0.212 e. The van der Waals surface area contributed by atoms with Crippen molar-refractivity contribution in [3.8, 4) is 11.3 Å². The monoisotopic (exact) mass is 243 g/mol. The van der Waals surface area contributed by atoms with Gasteiger partial charge in [-0.05, 0) is 24.3 Å². The van der Waals surface area contributed by atoms with Gasteiger partial charge in [-0.3, -0.25) is 0 Å². The fraction of sp³-hybridized carbons (Fsp3) is 0.0769. The molecule has 0 atom stereocenters. The van der Waals surface area contributed by atoms with Gasteiger partial charge in [0, 0.05) is 17.3 Å². The average Bonchev–Trinajstić information content (AvgIpc) is 2.82. The van der Waals surface area contributed by atoms with Gasteiger partial charge in [0.1, 0.15) is 0 Å². The van der Waals surface area contributed by atoms with Gasteiger partial charge in [-0.25, -0.2) is 9.50 Å². The zero-order valence-corrected chi connectivity index (χ0v) is 9.42. The third-order valence-electron chi connectivity index (χ3n) is 2.82. The predicted octanol–water partition coefficient (Wildman–Crippen LogP) is 2.03. The number of aromatic nitrogens is 3. The van der Waals surface area contributed by atoms with Gasteiger partial charge in [-0.1, -0.05) is 6.07 Å². The number of rotatable bonds is 2. The molecule has 4 nitrogen and oxygen atoms in total. The van der Waals surface area contributed by atoms with E-state index in [9.17, 15) is 9.50 Å². The van der Waals surface area contributed by atoms with Gasteiger partial charge in [-0.2, -0.15) is 9.49 Å². The Morgan fingerprint density at radius 3 is 2.78 bits per heavy atom. The molecule has 0 saturated heterocycles. The third-order valence-corrected chi connectivity index (χ3v) is 2.82. The van der Waals surface area contributed by atoms with Crippen LogP contribution in [-0.2, 0) is 6.61 Å². The molecular weight excluding hydrogens is 233 g/mol. The van der Waals surface area contributed by atoms with Crippen LogP contribution in [0.4, 0.5) is 4.39 Å². The van der Waals surface area contributed by atoms with Crippen LogP contribution in [0.5, 0.6) is 0 Å². The molecule has 18 heavy (non-hydrogen) atoms. The molecule has 0 saturated carbocycles. The minimum absolute atomic E-state index is 0.0609. The SMILES string of the molecule is OCc1cnn2c(-c3ccc(F)nc3)cccc12. The Bertz CT molecular complexity index is 691. The molecule has 0 aromatic carbocycles. The Hall–Kier alpha value is -2.27. The van der Waals surface area contributed by atoms with Gasteiger partial charge >= 0.3 is 0 Å². The van der Waals surface area contributed by atoms with Crippen LogP contribution < -0.4 is 0 Å². The fourth-order valence-corrected chi connectivity index (χ4v) is 1.93. The lowest BCUT2D eigenvalue weighted by molar-refractivity contribution is 0.283. The normalized spacial score (nSPS) is 11.0. The molecule has 3 aromatic heterocycles. The molecule has 0 aliphatic heterocycles. The summed E-state index contributed by atoms with van der Waals surface area (Å²) in [6.45, 7) is -0.0609. The first-order valence-corrected chi connectivity index (χ1v) is 5.48. The first-order valence-electron chi connectivity index (χ1n) is 5.48. The van der Waals surface area contributed by atoms with Gasteiger partial charge in [0.2, 0.25) is 5.95 Å². The maximum absolute atomic E-state index is 12.8. The Kier molecular flexibility index (Phi) is 2.53. The summed E-state index contributed by atoms with van der Waals surface area (Å²) in [5.41, 5.74) is 3.17. The smallest absolute Gasteiger partial charge is 0.212 e. The highest BCUT2D eigenvalue weighted by Crippen LogP contribution is 2.21. The number of hydrogen-bond donors (Lipinski definition) is 1. The summed E-state index contributed by atoms with van der Waals surface area (Å²) in [5.74, 6) is -0.512. The topological polar surface area (TPSA) is 50.4 Å². The zero-order valence-electron chi connectivity index (χ0n) is 9.42. The zero-order chi connectivity index (χ0) is 12.5. The van der Waals surface area contributed by atoms with Crippen molar-refractivity contribution in [3.63, 3.8) is 0 Å². The summed E-state index contributed by atoms with van der Waals surface area (Å²) in [7, 11) is 0. The summed E-state index contributed by atoms with van der Waals surface area (Å²) < 4.78 is 14.5. The van der Waals surface area contributed by atoms with E-state index in [0.717, 1.165) is 22.3 Å². The molecule has 3 rings (SSSR count). The number of fused-ring (bicyclic) bond motifs is 1. The predicted molar refractivity (Wildman–Crippen MR) is 64.3 cm³/mol. The van der Waals surface area contributed by atoms with E-state index in [1.807, 2.05) is 18.2 Å². The molecule has 0 bridgehead atoms. The van der Waals surface area contributed by atoms with Crippen molar-refractivity contribution >= 4 is 5.52 Å². The second kappa shape index (κ2) is 4.19.